The molecular formula is C12H12ClFO2. The van der Waals surface area contributed by atoms with Gasteiger partial charge in [0.2, 0.25) is 0 Å². The zero-order chi connectivity index (χ0) is 11.9. The number of rotatable bonds is 3. The molecule has 4 heteroatoms. The molecule has 0 heterocycles. The maximum absolute atomic E-state index is 13.6. The molecule has 0 unspecified atom stereocenters. The zero-order valence-corrected chi connectivity index (χ0v) is 9.64. The monoisotopic (exact) mass is 242 g/mol. The molecule has 86 valence electrons. The molecule has 0 saturated heterocycles. The van der Waals surface area contributed by atoms with Crippen LogP contribution in [0.25, 0.3) is 0 Å². The first-order valence-electron chi connectivity index (χ1n) is 5.13. The molecular weight excluding hydrogens is 231 g/mol. The number of carboxylic acids is 1. The van der Waals surface area contributed by atoms with Gasteiger partial charge in [-0.25, -0.2) is 4.39 Å². The van der Waals surface area contributed by atoms with Gasteiger partial charge in [-0.05, 0) is 37.0 Å². The second-order valence-corrected chi connectivity index (χ2v) is 4.79. The molecule has 0 aliphatic heterocycles. The van der Waals surface area contributed by atoms with E-state index >= 15 is 0 Å². The van der Waals surface area contributed by atoms with Crippen LogP contribution in [0.1, 0.15) is 30.4 Å². The number of benzene rings is 1. The molecule has 1 aromatic carbocycles. The van der Waals surface area contributed by atoms with Gasteiger partial charge in [0.15, 0.2) is 0 Å². The molecule has 1 aliphatic carbocycles. The maximum atomic E-state index is 13.6. The molecule has 0 bridgehead atoms. The van der Waals surface area contributed by atoms with Gasteiger partial charge in [-0.15, -0.1) is 0 Å². The Bertz CT molecular complexity index is 453. The quantitative estimate of drug-likeness (QED) is 0.883. The Labute approximate surface area is 98.0 Å². The van der Waals surface area contributed by atoms with Crippen LogP contribution in [0.3, 0.4) is 0 Å². The van der Waals surface area contributed by atoms with Crippen LogP contribution in [0.5, 0.6) is 0 Å². The van der Waals surface area contributed by atoms with Crippen LogP contribution >= 0.6 is 11.6 Å². The summed E-state index contributed by atoms with van der Waals surface area (Å²) in [7, 11) is 0. The fourth-order valence-electron chi connectivity index (χ4n) is 2.21. The van der Waals surface area contributed by atoms with Crippen molar-refractivity contribution in [3.63, 3.8) is 0 Å². The Morgan fingerprint density at radius 3 is 2.69 bits per heavy atom. The lowest BCUT2D eigenvalue weighted by atomic mass is 9.89. The van der Waals surface area contributed by atoms with Crippen molar-refractivity contribution in [2.24, 2.45) is 0 Å². The highest BCUT2D eigenvalue weighted by Crippen LogP contribution is 2.52. The molecule has 16 heavy (non-hydrogen) atoms. The minimum absolute atomic E-state index is 0.0644. The lowest BCUT2D eigenvalue weighted by Gasteiger charge is -2.16. The predicted octanol–water partition coefficient (Wildman–Crippen LogP) is 3.29. The Hall–Kier alpha value is -1.09. The molecule has 2 nitrogen and oxygen atoms in total. The first-order valence-corrected chi connectivity index (χ1v) is 5.51. The zero-order valence-electron chi connectivity index (χ0n) is 8.89. The van der Waals surface area contributed by atoms with Crippen molar-refractivity contribution >= 4 is 17.6 Å². The number of hydrogen-bond donors (Lipinski definition) is 1. The first kappa shape index (κ1) is 11.4. The average Bonchev–Trinajstić information content (AvgIpc) is 2.94. The van der Waals surface area contributed by atoms with E-state index in [0.717, 1.165) is 18.4 Å². The topological polar surface area (TPSA) is 37.3 Å². The van der Waals surface area contributed by atoms with Crippen molar-refractivity contribution in [2.75, 3.05) is 0 Å². The van der Waals surface area contributed by atoms with E-state index in [-0.39, 0.29) is 16.9 Å². The maximum Gasteiger partial charge on any atom is 0.304 e. The highest BCUT2D eigenvalue weighted by Gasteiger charge is 2.47. The minimum atomic E-state index is -0.841. The van der Waals surface area contributed by atoms with E-state index in [1.807, 2.05) is 0 Å². The summed E-state index contributed by atoms with van der Waals surface area (Å²) in [6.45, 7) is 1.65. The Balaban J connectivity index is 2.42. The molecule has 0 spiro atoms. The van der Waals surface area contributed by atoms with Crippen LogP contribution in [0, 0.1) is 12.7 Å². The normalized spacial score (nSPS) is 17.2. The summed E-state index contributed by atoms with van der Waals surface area (Å²) in [6, 6.07) is 3.25. The number of aliphatic carboxylic acids is 1. The van der Waals surface area contributed by atoms with Crippen LogP contribution in [-0.2, 0) is 10.2 Å². The Morgan fingerprint density at radius 2 is 2.19 bits per heavy atom. The van der Waals surface area contributed by atoms with E-state index < -0.39 is 11.8 Å². The van der Waals surface area contributed by atoms with E-state index in [4.69, 9.17) is 16.7 Å². The standard InChI is InChI=1S/C12H12ClFO2/c1-7-8(2-3-9(13)11(7)14)12(4-5-12)6-10(15)16/h2-3H,4-6H2,1H3,(H,15,16). The van der Waals surface area contributed by atoms with Crippen LogP contribution in [0.4, 0.5) is 4.39 Å². The van der Waals surface area contributed by atoms with E-state index in [0.29, 0.717) is 5.56 Å². The second kappa shape index (κ2) is 3.74. The van der Waals surface area contributed by atoms with Crippen LogP contribution in [0.2, 0.25) is 5.02 Å². The largest absolute Gasteiger partial charge is 0.481 e. The van der Waals surface area contributed by atoms with E-state index in [9.17, 15) is 9.18 Å². The van der Waals surface area contributed by atoms with Gasteiger partial charge >= 0.3 is 5.97 Å². The van der Waals surface area contributed by atoms with Crippen molar-refractivity contribution in [3.8, 4) is 0 Å². The number of carboxylic acid groups (broad SMARTS) is 1. The lowest BCUT2D eigenvalue weighted by molar-refractivity contribution is -0.137. The van der Waals surface area contributed by atoms with Gasteiger partial charge in [0.05, 0.1) is 11.4 Å². The summed E-state index contributed by atoms with van der Waals surface area (Å²) in [5.74, 6) is -1.27. The molecule has 0 atom stereocenters. The second-order valence-electron chi connectivity index (χ2n) is 4.38. The van der Waals surface area contributed by atoms with E-state index in [1.54, 1.807) is 13.0 Å². The summed E-state index contributed by atoms with van der Waals surface area (Å²) in [5.41, 5.74) is 0.907. The molecule has 1 aliphatic rings. The smallest absolute Gasteiger partial charge is 0.304 e. The van der Waals surface area contributed by atoms with Crippen molar-refractivity contribution < 1.29 is 14.3 Å². The van der Waals surface area contributed by atoms with Crippen molar-refractivity contribution in [3.05, 3.63) is 34.1 Å². The predicted molar refractivity (Wildman–Crippen MR) is 59.3 cm³/mol. The fourth-order valence-corrected chi connectivity index (χ4v) is 2.41. The third-order valence-corrected chi connectivity index (χ3v) is 3.55. The van der Waals surface area contributed by atoms with Crippen molar-refractivity contribution in [1.29, 1.82) is 0 Å². The summed E-state index contributed by atoms with van der Waals surface area (Å²) in [4.78, 5) is 10.8. The van der Waals surface area contributed by atoms with Crippen LogP contribution < -0.4 is 0 Å². The third-order valence-electron chi connectivity index (χ3n) is 3.25. The van der Waals surface area contributed by atoms with Crippen molar-refractivity contribution in [1.82, 2.24) is 0 Å². The molecule has 0 radical (unpaired) electrons. The Morgan fingerprint density at radius 1 is 1.56 bits per heavy atom. The van der Waals surface area contributed by atoms with Gasteiger partial charge in [-0.3, -0.25) is 4.79 Å². The van der Waals surface area contributed by atoms with E-state index in [2.05, 4.69) is 0 Å². The van der Waals surface area contributed by atoms with Crippen LogP contribution in [-0.4, -0.2) is 11.1 Å². The summed E-state index contributed by atoms with van der Waals surface area (Å²) in [5, 5.41) is 8.94. The Kier molecular flexibility index (Phi) is 2.66. The summed E-state index contributed by atoms with van der Waals surface area (Å²) >= 11 is 5.67. The lowest BCUT2D eigenvalue weighted by Crippen LogP contribution is -2.15. The van der Waals surface area contributed by atoms with Gasteiger partial charge in [0, 0.05) is 5.41 Å². The third kappa shape index (κ3) is 1.80. The number of halogens is 2. The number of hydrogen-bond acceptors (Lipinski definition) is 1. The highest BCUT2D eigenvalue weighted by atomic mass is 35.5. The molecule has 0 amide bonds. The molecule has 2 rings (SSSR count). The molecule has 0 aromatic heterocycles. The van der Waals surface area contributed by atoms with E-state index in [1.165, 1.54) is 6.07 Å². The van der Waals surface area contributed by atoms with Crippen LogP contribution in [0.15, 0.2) is 12.1 Å². The SMILES string of the molecule is Cc1c(C2(CC(=O)O)CC2)ccc(Cl)c1F. The fraction of sp³-hybridized carbons (Fsp3) is 0.417. The van der Waals surface area contributed by atoms with Gasteiger partial charge in [0.1, 0.15) is 5.82 Å². The summed E-state index contributed by atoms with van der Waals surface area (Å²) in [6.07, 6.45) is 1.68. The molecule has 1 N–H and O–H groups in total. The molecule has 1 aromatic rings. The molecule has 1 saturated carbocycles. The summed E-state index contributed by atoms with van der Waals surface area (Å²) < 4.78 is 13.6. The van der Waals surface area contributed by atoms with Gasteiger partial charge in [-0.1, -0.05) is 17.7 Å². The number of carbonyl (C=O) groups is 1. The average molecular weight is 243 g/mol. The minimum Gasteiger partial charge on any atom is -0.481 e. The van der Waals surface area contributed by atoms with Gasteiger partial charge < -0.3 is 5.11 Å². The molecule has 1 fully saturated rings. The van der Waals surface area contributed by atoms with Gasteiger partial charge in [0.25, 0.3) is 0 Å². The van der Waals surface area contributed by atoms with Crippen molar-refractivity contribution in [2.45, 2.75) is 31.6 Å². The highest BCUT2D eigenvalue weighted by molar-refractivity contribution is 6.30. The van der Waals surface area contributed by atoms with Gasteiger partial charge in [-0.2, -0.15) is 0 Å². The first-order chi connectivity index (χ1) is 7.46.